The fourth-order valence-electron chi connectivity index (χ4n) is 3.52. The molecule has 5 heteroatoms. The average molecular weight is 359 g/mol. The van der Waals surface area contributed by atoms with Crippen molar-refractivity contribution < 1.29 is 4.79 Å². The predicted molar refractivity (Wildman–Crippen MR) is 99.3 cm³/mol. The maximum Gasteiger partial charge on any atom is 0.233 e. The quantitative estimate of drug-likeness (QED) is 0.863. The van der Waals surface area contributed by atoms with Gasteiger partial charge in [-0.05, 0) is 48.9 Å². The summed E-state index contributed by atoms with van der Waals surface area (Å²) in [6.45, 7) is 8.55. The number of rotatable bonds is 5. The van der Waals surface area contributed by atoms with Crippen LogP contribution in [0.2, 0.25) is 5.02 Å². The summed E-state index contributed by atoms with van der Waals surface area (Å²) in [5.41, 5.74) is 6.55. The molecule has 3 nitrogen and oxygen atoms in total. The van der Waals surface area contributed by atoms with Gasteiger partial charge in [0.15, 0.2) is 0 Å². The van der Waals surface area contributed by atoms with Crippen molar-refractivity contribution in [3.8, 4) is 0 Å². The number of benzene rings is 1. The number of likely N-dealkylation sites (tertiary alicyclic amines) is 1. The highest BCUT2D eigenvalue weighted by Gasteiger charge is 2.44. The summed E-state index contributed by atoms with van der Waals surface area (Å²) < 4.78 is 0. The summed E-state index contributed by atoms with van der Waals surface area (Å²) in [4.78, 5) is 15.3. The second-order valence-electron chi connectivity index (χ2n) is 6.79. The van der Waals surface area contributed by atoms with E-state index in [1.165, 1.54) is 0 Å². The molecule has 1 fully saturated rings. The summed E-state index contributed by atoms with van der Waals surface area (Å²) >= 11 is 6.00. The van der Waals surface area contributed by atoms with Gasteiger partial charge in [-0.1, -0.05) is 44.5 Å². The van der Waals surface area contributed by atoms with Crippen molar-refractivity contribution in [1.29, 1.82) is 0 Å². The molecule has 2 rings (SSSR count). The minimum absolute atomic E-state index is 0. The molecule has 1 heterocycles. The predicted octanol–water partition coefficient (Wildman–Crippen LogP) is 4.02. The van der Waals surface area contributed by atoms with Crippen molar-refractivity contribution in [1.82, 2.24) is 4.90 Å². The molecule has 1 aliphatic rings. The normalized spacial score (nSPS) is 21.2. The monoisotopic (exact) mass is 358 g/mol. The molecular weight excluding hydrogens is 331 g/mol. The van der Waals surface area contributed by atoms with E-state index >= 15 is 0 Å². The Morgan fingerprint density at radius 2 is 1.87 bits per heavy atom. The molecule has 1 atom stereocenters. The number of hydrogen-bond donors (Lipinski definition) is 1. The van der Waals surface area contributed by atoms with Crippen LogP contribution in [0.4, 0.5) is 0 Å². The molecule has 1 aromatic carbocycles. The van der Waals surface area contributed by atoms with E-state index in [0.29, 0.717) is 11.6 Å². The van der Waals surface area contributed by atoms with Gasteiger partial charge >= 0.3 is 0 Å². The molecule has 2 N–H and O–H groups in total. The largest absolute Gasteiger partial charge is 0.341 e. The first-order valence-electron chi connectivity index (χ1n) is 8.16. The topological polar surface area (TPSA) is 46.3 Å². The zero-order valence-corrected chi connectivity index (χ0v) is 15.8. The molecule has 0 bridgehead atoms. The molecule has 23 heavy (non-hydrogen) atoms. The van der Waals surface area contributed by atoms with E-state index in [-0.39, 0.29) is 23.7 Å². The molecule has 1 saturated heterocycles. The van der Waals surface area contributed by atoms with Crippen LogP contribution in [-0.2, 0) is 10.2 Å². The first-order chi connectivity index (χ1) is 10.4. The van der Waals surface area contributed by atoms with Crippen LogP contribution in [0.15, 0.2) is 24.3 Å². The molecule has 0 radical (unpaired) electrons. The van der Waals surface area contributed by atoms with Gasteiger partial charge in [0.2, 0.25) is 5.91 Å². The molecule has 1 aliphatic heterocycles. The number of amides is 1. The molecule has 1 unspecified atom stereocenters. The van der Waals surface area contributed by atoms with Gasteiger partial charge in [-0.15, -0.1) is 12.4 Å². The third-order valence-electron chi connectivity index (χ3n) is 5.35. The molecule has 0 aliphatic carbocycles. The van der Waals surface area contributed by atoms with Crippen molar-refractivity contribution in [3.63, 3.8) is 0 Å². The van der Waals surface area contributed by atoms with Gasteiger partial charge in [-0.3, -0.25) is 4.79 Å². The van der Waals surface area contributed by atoms with Gasteiger partial charge in [-0.25, -0.2) is 0 Å². The van der Waals surface area contributed by atoms with Crippen molar-refractivity contribution in [2.24, 2.45) is 11.1 Å². The zero-order valence-electron chi connectivity index (χ0n) is 14.3. The standard InChI is InChI=1S/C18H27ClN2O.ClH/c1-4-18(5-2,14-6-8-15(19)9-7-14)16(22)21-11-10-17(3,12-20)13-21;/h6-9H,4-5,10-13,20H2,1-3H3;1H. The Bertz CT molecular complexity index is 528. The summed E-state index contributed by atoms with van der Waals surface area (Å²) in [5, 5.41) is 0.703. The first kappa shape index (κ1) is 20.3. The molecule has 0 saturated carbocycles. The highest BCUT2D eigenvalue weighted by atomic mass is 35.5. The van der Waals surface area contributed by atoms with Crippen molar-refractivity contribution in [2.45, 2.75) is 45.4 Å². The highest BCUT2D eigenvalue weighted by Crippen LogP contribution is 2.38. The van der Waals surface area contributed by atoms with E-state index < -0.39 is 5.41 Å². The molecule has 1 amide bonds. The van der Waals surface area contributed by atoms with Gasteiger partial charge in [0.25, 0.3) is 0 Å². The van der Waals surface area contributed by atoms with Crippen LogP contribution in [0.3, 0.4) is 0 Å². The van der Waals surface area contributed by atoms with E-state index in [0.717, 1.165) is 37.9 Å². The number of hydrogen-bond acceptors (Lipinski definition) is 2. The summed E-state index contributed by atoms with van der Waals surface area (Å²) in [5.74, 6) is 0.233. The van der Waals surface area contributed by atoms with E-state index in [4.69, 9.17) is 17.3 Å². The Labute approximate surface area is 151 Å². The van der Waals surface area contributed by atoms with Crippen molar-refractivity contribution in [3.05, 3.63) is 34.9 Å². The third-order valence-corrected chi connectivity index (χ3v) is 5.60. The zero-order chi connectivity index (χ0) is 16.4. The summed E-state index contributed by atoms with van der Waals surface area (Å²) in [7, 11) is 0. The molecule has 130 valence electrons. The fourth-order valence-corrected chi connectivity index (χ4v) is 3.65. The molecule has 0 aromatic heterocycles. The molecular formula is C18H28Cl2N2O. The number of carbonyl (C=O) groups excluding carboxylic acids is 1. The Hall–Kier alpha value is -0.770. The van der Waals surface area contributed by atoms with E-state index in [2.05, 4.69) is 20.8 Å². The van der Waals surface area contributed by atoms with Gasteiger partial charge in [0, 0.05) is 18.1 Å². The van der Waals surface area contributed by atoms with Crippen LogP contribution in [-0.4, -0.2) is 30.4 Å². The minimum Gasteiger partial charge on any atom is -0.341 e. The van der Waals surface area contributed by atoms with Crippen molar-refractivity contribution >= 4 is 29.9 Å². The van der Waals surface area contributed by atoms with Crippen LogP contribution < -0.4 is 5.73 Å². The minimum atomic E-state index is -0.454. The summed E-state index contributed by atoms with van der Waals surface area (Å²) in [6, 6.07) is 7.73. The van der Waals surface area contributed by atoms with Crippen LogP contribution in [0.1, 0.15) is 45.6 Å². The highest BCUT2D eigenvalue weighted by molar-refractivity contribution is 6.30. The smallest absolute Gasteiger partial charge is 0.233 e. The second kappa shape index (κ2) is 7.87. The number of carbonyl (C=O) groups is 1. The SMILES string of the molecule is CCC(CC)(C(=O)N1CCC(C)(CN)C1)c1ccc(Cl)cc1.Cl. The number of nitrogens with two attached hydrogens (primary N) is 1. The van der Waals surface area contributed by atoms with Gasteiger partial charge in [-0.2, -0.15) is 0 Å². The van der Waals surface area contributed by atoms with Crippen LogP contribution >= 0.6 is 24.0 Å². The molecule has 1 aromatic rings. The van der Waals surface area contributed by atoms with Crippen LogP contribution in [0.5, 0.6) is 0 Å². The van der Waals surface area contributed by atoms with Gasteiger partial charge < -0.3 is 10.6 Å². The Kier molecular flexibility index (Phi) is 6.94. The van der Waals surface area contributed by atoms with E-state index in [1.54, 1.807) is 0 Å². The lowest BCUT2D eigenvalue weighted by atomic mass is 9.74. The Balaban J connectivity index is 0.00000264. The molecule has 0 spiro atoms. The lowest BCUT2D eigenvalue weighted by molar-refractivity contribution is -0.137. The van der Waals surface area contributed by atoms with Gasteiger partial charge in [0.05, 0.1) is 5.41 Å². The lowest BCUT2D eigenvalue weighted by Crippen LogP contribution is -2.46. The maximum atomic E-state index is 13.3. The van der Waals surface area contributed by atoms with Crippen molar-refractivity contribution in [2.75, 3.05) is 19.6 Å². The first-order valence-corrected chi connectivity index (χ1v) is 8.54. The third kappa shape index (κ3) is 3.84. The Morgan fingerprint density at radius 3 is 2.30 bits per heavy atom. The second-order valence-corrected chi connectivity index (χ2v) is 7.22. The lowest BCUT2D eigenvalue weighted by Gasteiger charge is -2.35. The average Bonchev–Trinajstić information content (AvgIpc) is 2.93. The number of nitrogens with zero attached hydrogens (tertiary/aromatic N) is 1. The van der Waals surface area contributed by atoms with Crippen LogP contribution in [0.25, 0.3) is 0 Å². The van der Waals surface area contributed by atoms with Gasteiger partial charge in [0.1, 0.15) is 0 Å². The van der Waals surface area contributed by atoms with Crippen LogP contribution in [0, 0.1) is 5.41 Å². The Morgan fingerprint density at radius 1 is 1.30 bits per heavy atom. The maximum absolute atomic E-state index is 13.3. The number of halogens is 2. The van der Waals surface area contributed by atoms with E-state index in [1.807, 2.05) is 29.2 Å². The van der Waals surface area contributed by atoms with E-state index in [9.17, 15) is 4.79 Å². The fraction of sp³-hybridized carbons (Fsp3) is 0.611. The summed E-state index contributed by atoms with van der Waals surface area (Å²) in [6.07, 6.45) is 2.57.